The van der Waals surface area contributed by atoms with Gasteiger partial charge in [-0.2, -0.15) is 0 Å². The lowest BCUT2D eigenvalue weighted by molar-refractivity contribution is 0.896. The quantitative estimate of drug-likeness (QED) is 0.592. The number of hydrazine groups is 1. The zero-order valence-corrected chi connectivity index (χ0v) is 11.9. The van der Waals surface area contributed by atoms with Crippen molar-refractivity contribution < 1.29 is 0 Å². The van der Waals surface area contributed by atoms with Crippen molar-refractivity contribution in [3.8, 4) is 0 Å². The molecule has 2 aromatic rings. The third-order valence-corrected chi connectivity index (χ3v) is 4.02. The average Bonchev–Trinajstić information content (AvgIpc) is 2.86. The van der Waals surface area contributed by atoms with Crippen molar-refractivity contribution in [1.29, 1.82) is 0 Å². The summed E-state index contributed by atoms with van der Waals surface area (Å²) >= 11 is 13.7. The van der Waals surface area contributed by atoms with E-state index in [9.17, 15) is 0 Å². The number of pyridine rings is 1. The standard InChI is InChI=1S/C11H12Cl2N4S/c1-6(9-3-2-4-18-9)15-10-7(12)5-8(13)11(16-10)17-14/h2-6H,14H2,1H3,(H2,15,16,17). The van der Waals surface area contributed by atoms with Crippen LogP contribution in [0.5, 0.6) is 0 Å². The molecule has 1 unspecified atom stereocenters. The number of thiophene rings is 1. The van der Waals surface area contributed by atoms with Crippen molar-refractivity contribution in [2.45, 2.75) is 13.0 Å². The largest absolute Gasteiger partial charge is 0.361 e. The van der Waals surface area contributed by atoms with Crippen LogP contribution in [0, 0.1) is 0 Å². The zero-order valence-electron chi connectivity index (χ0n) is 9.58. The summed E-state index contributed by atoms with van der Waals surface area (Å²) in [5.74, 6) is 6.27. The molecule has 7 heteroatoms. The number of halogens is 2. The first-order valence-electron chi connectivity index (χ1n) is 5.24. The van der Waals surface area contributed by atoms with E-state index in [4.69, 9.17) is 29.0 Å². The topological polar surface area (TPSA) is 63.0 Å². The number of hydrogen-bond acceptors (Lipinski definition) is 5. The number of nitrogens with one attached hydrogen (secondary N) is 2. The van der Waals surface area contributed by atoms with Gasteiger partial charge in [-0.3, -0.25) is 0 Å². The Morgan fingerprint density at radius 2 is 2.06 bits per heavy atom. The molecule has 0 aliphatic heterocycles. The van der Waals surface area contributed by atoms with Crippen molar-refractivity contribution in [2.24, 2.45) is 5.84 Å². The molecule has 0 aliphatic carbocycles. The van der Waals surface area contributed by atoms with Gasteiger partial charge in [-0.15, -0.1) is 11.3 Å². The van der Waals surface area contributed by atoms with Crippen LogP contribution >= 0.6 is 34.5 Å². The van der Waals surface area contributed by atoms with Crippen LogP contribution in [-0.2, 0) is 0 Å². The van der Waals surface area contributed by atoms with E-state index in [0.29, 0.717) is 21.7 Å². The maximum Gasteiger partial charge on any atom is 0.161 e. The molecule has 2 rings (SSSR count). The lowest BCUT2D eigenvalue weighted by Gasteiger charge is -2.15. The minimum absolute atomic E-state index is 0.113. The summed E-state index contributed by atoms with van der Waals surface area (Å²) in [4.78, 5) is 5.43. The first-order chi connectivity index (χ1) is 8.61. The van der Waals surface area contributed by atoms with E-state index in [0.717, 1.165) is 0 Å². The van der Waals surface area contributed by atoms with Crippen molar-refractivity contribution in [1.82, 2.24) is 4.98 Å². The summed E-state index contributed by atoms with van der Waals surface area (Å²) in [7, 11) is 0. The highest BCUT2D eigenvalue weighted by Gasteiger charge is 2.12. The van der Waals surface area contributed by atoms with Gasteiger partial charge in [0.2, 0.25) is 0 Å². The molecule has 0 amide bonds. The minimum Gasteiger partial charge on any atom is -0.361 e. The normalized spacial score (nSPS) is 12.2. The number of hydrogen-bond donors (Lipinski definition) is 3. The highest BCUT2D eigenvalue weighted by atomic mass is 35.5. The molecule has 0 radical (unpaired) electrons. The molecule has 2 heterocycles. The fraction of sp³-hybridized carbons (Fsp3) is 0.182. The van der Waals surface area contributed by atoms with Gasteiger partial charge in [0, 0.05) is 4.88 Å². The number of nitrogens with two attached hydrogens (primary N) is 1. The summed E-state index contributed by atoms with van der Waals surface area (Å²) < 4.78 is 0. The van der Waals surface area contributed by atoms with Gasteiger partial charge in [0.25, 0.3) is 0 Å². The average molecular weight is 303 g/mol. The highest BCUT2D eigenvalue weighted by molar-refractivity contribution is 7.10. The SMILES string of the molecule is CC(Nc1nc(NN)c(Cl)cc1Cl)c1cccs1. The van der Waals surface area contributed by atoms with E-state index in [1.165, 1.54) is 4.88 Å². The summed E-state index contributed by atoms with van der Waals surface area (Å²) in [5, 5.41) is 6.10. The van der Waals surface area contributed by atoms with Crippen molar-refractivity contribution in [3.05, 3.63) is 38.5 Å². The molecule has 0 aliphatic rings. The predicted octanol–water partition coefficient (Wildman–Crippen LogP) is 3.91. The second kappa shape index (κ2) is 5.75. The van der Waals surface area contributed by atoms with Crippen LogP contribution in [-0.4, -0.2) is 4.98 Å². The summed E-state index contributed by atoms with van der Waals surface area (Å²) in [6.45, 7) is 2.04. The van der Waals surface area contributed by atoms with E-state index < -0.39 is 0 Å². The minimum atomic E-state index is 0.113. The smallest absolute Gasteiger partial charge is 0.161 e. The molecule has 0 saturated carbocycles. The Balaban J connectivity index is 2.23. The first-order valence-corrected chi connectivity index (χ1v) is 6.88. The fourth-order valence-electron chi connectivity index (χ4n) is 1.48. The van der Waals surface area contributed by atoms with Crippen molar-refractivity contribution in [3.63, 3.8) is 0 Å². The number of rotatable bonds is 4. The molecule has 0 aromatic carbocycles. The van der Waals surface area contributed by atoms with Crippen LogP contribution in [0.3, 0.4) is 0 Å². The van der Waals surface area contributed by atoms with E-state index >= 15 is 0 Å². The van der Waals surface area contributed by atoms with E-state index in [-0.39, 0.29) is 6.04 Å². The van der Waals surface area contributed by atoms with E-state index in [1.807, 2.05) is 24.4 Å². The fourth-order valence-corrected chi connectivity index (χ4v) is 2.69. The van der Waals surface area contributed by atoms with Gasteiger partial charge in [-0.1, -0.05) is 29.3 Å². The van der Waals surface area contributed by atoms with Crippen molar-refractivity contribution in [2.75, 3.05) is 10.7 Å². The van der Waals surface area contributed by atoms with Crippen LogP contribution in [0.1, 0.15) is 17.8 Å². The van der Waals surface area contributed by atoms with Crippen molar-refractivity contribution >= 4 is 46.2 Å². The Morgan fingerprint density at radius 1 is 1.33 bits per heavy atom. The summed E-state index contributed by atoms with van der Waals surface area (Å²) in [6, 6.07) is 5.77. The third kappa shape index (κ3) is 2.87. The molecule has 0 saturated heterocycles. The number of anilines is 2. The lowest BCUT2D eigenvalue weighted by atomic mass is 10.2. The molecule has 0 fully saturated rings. The van der Waals surface area contributed by atoms with Gasteiger partial charge in [0.1, 0.15) is 5.82 Å². The van der Waals surface area contributed by atoms with Gasteiger partial charge in [-0.05, 0) is 24.4 Å². The van der Waals surface area contributed by atoms with Gasteiger partial charge >= 0.3 is 0 Å². The van der Waals surface area contributed by atoms with E-state index in [2.05, 4.69) is 15.7 Å². The summed E-state index contributed by atoms with van der Waals surface area (Å²) in [6.07, 6.45) is 0. The Labute approximate surface area is 119 Å². The maximum absolute atomic E-state index is 6.09. The maximum atomic E-state index is 6.09. The van der Waals surface area contributed by atoms with Gasteiger partial charge < -0.3 is 10.7 Å². The number of nitrogens with zero attached hydrogens (tertiary/aromatic N) is 1. The molecular weight excluding hydrogens is 291 g/mol. The van der Waals surface area contributed by atoms with Gasteiger partial charge in [0.05, 0.1) is 16.1 Å². The molecule has 4 nitrogen and oxygen atoms in total. The molecule has 0 bridgehead atoms. The molecule has 4 N–H and O–H groups in total. The first kappa shape index (κ1) is 13.4. The number of aromatic nitrogens is 1. The van der Waals surface area contributed by atoms with Gasteiger partial charge in [0.15, 0.2) is 5.82 Å². The monoisotopic (exact) mass is 302 g/mol. The predicted molar refractivity (Wildman–Crippen MR) is 78.4 cm³/mol. The van der Waals surface area contributed by atoms with Crippen LogP contribution in [0.15, 0.2) is 23.6 Å². The molecule has 18 heavy (non-hydrogen) atoms. The Bertz CT molecular complexity index is 530. The second-order valence-corrected chi connectivity index (χ2v) is 5.47. The number of nitrogen functional groups attached to an aromatic ring is 1. The Kier molecular flexibility index (Phi) is 4.29. The van der Waals surface area contributed by atoms with Crippen LogP contribution < -0.4 is 16.6 Å². The van der Waals surface area contributed by atoms with Gasteiger partial charge in [-0.25, -0.2) is 10.8 Å². The van der Waals surface area contributed by atoms with Crippen LogP contribution in [0.25, 0.3) is 0 Å². The molecule has 96 valence electrons. The van der Waals surface area contributed by atoms with Crippen LogP contribution in [0.4, 0.5) is 11.6 Å². The highest BCUT2D eigenvalue weighted by Crippen LogP contribution is 2.31. The third-order valence-electron chi connectivity index (χ3n) is 2.39. The Morgan fingerprint density at radius 3 is 2.67 bits per heavy atom. The molecule has 2 aromatic heterocycles. The van der Waals surface area contributed by atoms with Crippen LogP contribution in [0.2, 0.25) is 10.0 Å². The molecular formula is C11H12Cl2N4S. The summed E-state index contributed by atoms with van der Waals surface area (Å²) in [5.41, 5.74) is 2.43. The van der Waals surface area contributed by atoms with E-state index in [1.54, 1.807) is 17.4 Å². The zero-order chi connectivity index (χ0) is 13.1. The lowest BCUT2D eigenvalue weighted by Crippen LogP contribution is -2.12. The Hall–Kier alpha value is -1.01. The molecule has 1 atom stereocenters. The molecule has 0 spiro atoms. The second-order valence-electron chi connectivity index (χ2n) is 3.68.